The number of carbonyl (C=O) groups is 1. The van der Waals surface area contributed by atoms with E-state index in [0.29, 0.717) is 30.2 Å². The van der Waals surface area contributed by atoms with Crippen LogP contribution in [0.3, 0.4) is 0 Å². The maximum Gasteiger partial charge on any atom is 0.221 e. The second-order valence-electron chi connectivity index (χ2n) is 6.03. The molecule has 0 aliphatic carbocycles. The zero-order valence-corrected chi connectivity index (χ0v) is 17.0. The molecule has 0 aromatic heterocycles. The molecule has 0 bridgehead atoms. The van der Waals surface area contributed by atoms with Crippen LogP contribution in [0.4, 0.5) is 0 Å². The summed E-state index contributed by atoms with van der Waals surface area (Å²) in [4.78, 5) is 12.2. The molecule has 0 spiro atoms. The van der Waals surface area contributed by atoms with Crippen molar-refractivity contribution in [3.8, 4) is 17.2 Å². The number of carbonyl (C=O) groups excluding carboxylic acids is 1. The molecule has 2 rings (SSSR count). The first-order valence-electron chi connectivity index (χ1n) is 8.74. The van der Waals surface area contributed by atoms with E-state index in [9.17, 15) is 13.2 Å². The molecular formula is C20H25NO6S. The lowest BCUT2D eigenvalue weighted by Gasteiger charge is -2.10. The Labute approximate surface area is 165 Å². The van der Waals surface area contributed by atoms with Gasteiger partial charge in [-0.3, -0.25) is 4.79 Å². The predicted molar refractivity (Wildman–Crippen MR) is 106 cm³/mol. The third-order valence-electron chi connectivity index (χ3n) is 4.20. The molecule has 2 aromatic carbocycles. The molecule has 0 fully saturated rings. The maximum absolute atomic E-state index is 12.3. The maximum atomic E-state index is 12.3. The minimum atomic E-state index is -3.52. The minimum Gasteiger partial charge on any atom is -0.497 e. The fourth-order valence-corrected chi connectivity index (χ4v) is 3.84. The Hall–Kier alpha value is -2.74. The molecule has 2 aromatic rings. The van der Waals surface area contributed by atoms with Crippen molar-refractivity contribution < 1.29 is 27.4 Å². The van der Waals surface area contributed by atoms with Crippen molar-refractivity contribution in [2.45, 2.75) is 17.7 Å². The van der Waals surface area contributed by atoms with Gasteiger partial charge in [-0.1, -0.05) is 6.07 Å². The largest absolute Gasteiger partial charge is 0.497 e. The Morgan fingerprint density at radius 2 is 1.61 bits per heavy atom. The third-order valence-corrected chi connectivity index (χ3v) is 5.93. The van der Waals surface area contributed by atoms with Crippen LogP contribution in [-0.4, -0.2) is 48.0 Å². The number of amides is 1. The van der Waals surface area contributed by atoms with Crippen molar-refractivity contribution in [2.75, 3.05) is 33.6 Å². The topological polar surface area (TPSA) is 90.9 Å². The van der Waals surface area contributed by atoms with Gasteiger partial charge < -0.3 is 19.5 Å². The van der Waals surface area contributed by atoms with Crippen LogP contribution in [0, 0.1) is 0 Å². The van der Waals surface area contributed by atoms with Gasteiger partial charge in [0.2, 0.25) is 5.91 Å². The number of sulfone groups is 1. The average Bonchev–Trinajstić information content (AvgIpc) is 2.72. The molecular weight excluding hydrogens is 382 g/mol. The highest BCUT2D eigenvalue weighted by atomic mass is 32.2. The zero-order valence-electron chi connectivity index (χ0n) is 16.2. The lowest BCUT2D eigenvalue weighted by molar-refractivity contribution is -0.120. The van der Waals surface area contributed by atoms with Gasteiger partial charge in [-0.25, -0.2) is 8.42 Å². The molecule has 1 amide bonds. The smallest absolute Gasteiger partial charge is 0.221 e. The fraction of sp³-hybridized carbons (Fsp3) is 0.350. The fourth-order valence-electron chi connectivity index (χ4n) is 2.60. The van der Waals surface area contributed by atoms with Crippen LogP contribution in [0.1, 0.15) is 12.0 Å². The highest BCUT2D eigenvalue weighted by molar-refractivity contribution is 7.91. The molecule has 152 valence electrons. The molecule has 0 unspecified atom stereocenters. The SMILES string of the molecule is COc1ccc(S(=O)(=O)CCC(=O)NCCc2ccc(OC)c(OC)c2)cc1. The summed E-state index contributed by atoms with van der Waals surface area (Å²) in [6.07, 6.45) is 0.498. The van der Waals surface area contributed by atoms with Crippen molar-refractivity contribution in [3.63, 3.8) is 0 Å². The second kappa shape index (κ2) is 9.98. The van der Waals surface area contributed by atoms with E-state index in [1.54, 1.807) is 32.4 Å². The van der Waals surface area contributed by atoms with Gasteiger partial charge in [0.05, 0.1) is 32.0 Å². The highest BCUT2D eigenvalue weighted by Crippen LogP contribution is 2.27. The second-order valence-corrected chi connectivity index (χ2v) is 8.14. The minimum absolute atomic E-state index is 0.0969. The molecule has 7 nitrogen and oxygen atoms in total. The zero-order chi connectivity index (χ0) is 20.6. The molecule has 0 aliphatic rings. The average molecular weight is 407 g/mol. The number of hydrogen-bond donors (Lipinski definition) is 1. The molecule has 28 heavy (non-hydrogen) atoms. The number of hydrogen-bond acceptors (Lipinski definition) is 6. The van der Waals surface area contributed by atoms with Gasteiger partial charge in [0, 0.05) is 13.0 Å². The molecule has 0 aliphatic heterocycles. The monoisotopic (exact) mass is 407 g/mol. The Morgan fingerprint density at radius 3 is 2.21 bits per heavy atom. The van der Waals surface area contributed by atoms with E-state index < -0.39 is 9.84 Å². The molecule has 8 heteroatoms. The van der Waals surface area contributed by atoms with E-state index in [1.807, 2.05) is 12.1 Å². The summed E-state index contributed by atoms with van der Waals surface area (Å²) in [6, 6.07) is 11.6. The third kappa shape index (κ3) is 5.88. The highest BCUT2D eigenvalue weighted by Gasteiger charge is 2.16. The Morgan fingerprint density at radius 1 is 0.929 bits per heavy atom. The summed E-state index contributed by atoms with van der Waals surface area (Å²) in [5.74, 6) is 1.28. The normalized spacial score (nSPS) is 11.0. The summed E-state index contributed by atoms with van der Waals surface area (Å²) < 4.78 is 40.1. The summed E-state index contributed by atoms with van der Waals surface area (Å²) in [7, 11) is 1.12. The number of rotatable bonds is 10. The number of ether oxygens (including phenoxy) is 3. The summed E-state index contributed by atoms with van der Waals surface area (Å²) in [5, 5.41) is 2.74. The van der Waals surface area contributed by atoms with E-state index in [0.717, 1.165) is 5.56 Å². The van der Waals surface area contributed by atoms with Crippen LogP contribution in [0.15, 0.2) is 47.4 Å². The summed E-state index contributed by atoms with van der Waals surface area (Å²) in [6.45, 7) is 0.400. The van der Waals surface area contributed by atoms with Crippen LogP contribution >= 0.6 is 0 Å². The van der Waals surface area contributed by atoms with Crippen LogP contribution in [0.25, 0.3) is 0 Å². The predicted octanol–water partition coefficient (Wildman–Crippen LogP) is 2.24. The van der Waals surface area contributed by atoms with E-state index in [1.165, 1.54) is 19.2 Å². The molecule has 0 saturated heterocycles. The first kappa shape index (κ1) is 21.6. The first-order valence-corrected chi connectivity index (χ1v) is 10.4. The van der Waals surface area contributed by atoms with Crippen molar-refractivity contribution >= 4 is 15.7 Å². The van der Waals surface area contributed by atoms with Gasteiger partial charge in [-0.15, -0.1) is 0 Å². The summed E-state index contributed by atoms with van der Waals surface area (Å²) >= 11 is 0. The molecule has 0 heterocycles. The number of benzene rings is 2. The first-order chi connectivity index (χ1) is 13.4. The van der Waals surface area contributed by atoms with Gasteiger partial charge in [-0.2, -0.15) is 0 Å². The van der Waals surface area contributed by atoms with Crippen LogP contribution in [-0.2, 0) is 21.1 Å². The van der Waals surface area contributed by atoms with E-state index in [4.69, 9.17) is 14.2 Å². The molecule has 0 atom stereocenters. The van der Waals surface area contributed by atoms with E-state index in [2.05, 4.69) is 5.32 Å². The van der Waals surface area contributed by atoms with Crippen molar-refractivity contribution in [2.24, 2.45) is 0 Å². The van der Waals surface area contributed by atoms with Crippen molar-refractivity contribution in [3.05, 3.63) is 48.0 Å². The van der Waals surface area contributed by atoms with E-state index >= 15 is 0 Å². The van der Waals surface area contributed by atoms with Gasteiger partial charge in [0.1, 0.15) is 5.75 Å². The quantitative estimate of drug-likeness (QED) is 0.650. The number of methoxy groups -OCH3 is 3. The van der Waals surface area contributed by atoms with Gasteiger partial charge in [0.25, 0.3) is 0 Å². The lowest BCUT2D eigenvalue weighted by atomic mass is 10.1. The van der Waals surface area contributed by atoms with Gasteiger partial charge >= 0.3 is 0 Å². The van der Waals surface area contributed by atoms with Crippen molar-refractivity contribution in [1.29, 1.82) is 0 Å². The Balaban J connectivity index is 1.82. The lowest BCUT2D eigenvalue weighted by Crippen LogP contribution is -2.27. The van der Waals surface area contributed by atoms with E-state index in [-0.39, 0.29) is 23.0 Å². The standard InChI is InChI=1S/C20H25NO6S/c1-25-16-5-7-17(8-6-16)28(23,24)13-11-20(22)21-12-10-15-4-9-18(26-2)19(14-15)27-3/h4-9,14H,10-13H2,1-3H3,(H,21,22). The molecule has 0 saturated carbocycles. The Kier molecular flexibility index (Phi) is 7.69. The Bertz CT molecular complexity index is 893. The molecule has 0 radical (unpaired) electrons. The van der Waals surface area contributed by atoms with Crippen LogP contribution in [0.5, 0.6) is 17.2 Å². The number of nitrogens with one attached hydrogen (secondary N) is 1. The van der Waals surface area contributed by atoms with Crippen molar-refractivity contribution in [1.82, 2.24) is 5.32 Å². The van der Waals surface area contributed by atoms with Gasteiger partial charge in [0.15, 0.2) is 21.3 Å². The summed E-state index contributed by atoms with van der Waals surface area (Å²) in [5.41, 5.74) is 0.976. The molecule has 1 N–H and O–H groups in total. The van der Waals surface area contributed by atoms with Crippen LogP contribution in [0.2, 0.25) is 0 Å². The van der Waals surface area contributed by atoms with Gasteiger partial charge in [-0.05, 0) is 48.4 Å². The van der Waals surface area contributed by atoms with Crippen LogP contribution < -0.4 is 19.5 Å².